The molecule has 0 unspecified atom stereocenters. The number of methoxy groups -OCH3 is 1. The summed E-state index contributed by atoms with van der Waals surface area (Å²) in [5.41, 5.74) is 0.750. The minimum atomic E-state index is -3.28. The van der Waals surface area contributed by atoms with Crippen molar-refractivity contribution in [1.29, 1.82) is 0 Å². The molecule has 0 saturated carbocycles. The van der Waals surface area contributed by atoms with E-state index in [9.17, 15) is 8.42 Å². The van der Waals surface area contributed by atoms with Crippen molar-refractivity contribution in [3.8, 4) is 0 Å². The SMILES string of the molecule is COCCS(=O)(=O)NCCc1nnc2ccccn12. The van der Waals surface area contributed by atoms with Crippen molar-refractivity contribution >= 4 is 15.7 Å². The summed E-state index contributed by atoms with van der Waals surface area (Å²) in [6.07, 6.45) is 2.33. The van der Waals surface area contributed by atoms with Crippen molar-refractivity contribution in [3.63, 3.8) is 0 Å². The minimum absolute atomic E-state index is 0.0376. The lowest BCUT2D eigenvalue weighted by Crippen LogP contribution is -2.30. The van der Waals surface area contributed by atoms with Gasteiger partial charge < -0.3 is 4.74 Å². The molecule has 8 heteroatoms. The van der Waals surface area contributed by atoms with Crippen molar-refractivity contribution in [1.82, 2.24) is 19.3 Å². The molecule has 0 spiro atoms. The van der Waals surface area contributed by atoms with E-state index in [1.165, 1.54) is 7.11 Å². The van der Waals surface area contributed by atoms with Gasteiger partial charge in [0.05, 0.1) is 12.4 Å². The fourth-order valence-corrected chi connectivity index (χ4v) is 2.59. The van der Waals surface area contributed by atoms with Crippen LogP contribution in [-0.2, 0) is 21.2 Å². The highest BCUT2D eigenvalue weighted by molar-refractivity contribution is 7.89. The average molecular weight is 284 g/mol. The summed E-state index contributed by atoms with van der Waals surface area (Å²) in [5.74, 6) is 0.689. The van der Waals surface area contributed by atoms with E-state index in [0.717, 1.165) is 11.5 Å². The molecule has 2 heterocycles. The van der Waals surface area contributed by atoms with Crippen LogP contribution < -0.4 is 4.72 Å². The lowest BCUT2D eigenvalue weighted by atomic mass is 10.4. The maximum atomic E-state index is 11.5. The van der Waals surface area contributed by atoms with Gasteiger partial charge in [0.25, 0.3) is 0 Å². The molecule has 0 bridgehead atoms. The molecule has 2 aromatic heterocycles. The van der Waals surface area contributed by atoms with Gasteiger partial charge in [-0.3, -0.25) is 4.40 Å². The van der Waals surface area contributed by atoms with E-state index < -0.39 is 10.0 Å². The van der Waals surface area contributed by atoms with Crippen LogP contribution in [0, 0.1) is 0 Å². The molecule has 0 aliphatic heterocycles. The first-order chi connectivity index (χ1) is 9.12. The van der Waals surface area contributed by atoms with Gasteiger partial charge in [0, 0.05) is 26.3 Å². The van der Waals surface area contributed by atoms with E-state index in [0.29, 0.717) is 13.0 Å². The average Bonchev–Trinajstić information content (AvgIpc) is 2.80. The maximum absolute atomic E-state index is 11.5. The van der Waals surface area contributed by atoms with Gasteiger partial charge in [-0.2, -0.15) is 0 Å². The Hall–Kier alpha value is -1.51. The third-order valence-electron chi connectivity index (χ3n) is 2.61. The molecule has 2 aromatic rings. The maximum Gasteiger partial charge on any atom is 0.213 e. The van der Waals surface area contributed by atoms with E-state index in [1.54, 1.807) is 0 Å². The highest BCUT2D eigenvalue weighted by atomic mass is 32.2. The van der Waals surface area contributed by atoms with Crippen LogP contribution in [0.3, 0.4) is 0 Å². The zero-order valence-corrected chi connectivity index (χ0v) is 11.4. The third kappa shape index (κ3) is 3.72. The van der Waals surface area contributed by atoms with Gasteiger partial charge in [-0.15, -0.1) is 10.2 Å². The van der Waals surface area contributed by atoms with Crippen LogP contribution >= 0.6 is 0 Å². The van der Waals surface area contributed by atoms with E-state index in [1.807, 2.05) is 28.8 Å². The molecule has 0 atom stereocenters. The summed E-state index contributed by atoms with van der Waals surface area (Å²) in [5, 5.41) is 8.03. The molecule has 104 valence electrons. The Bertz CT molecular complexity index is 638. The third-order valence-corrected chi connectivity index (χ3v) is 3.96. The number of nitrogens with one attached hydrogen (secondary N) is 1. The van der Waals surface area contributed by atoms with Crippen molar-refractivity contribution in [3.05, 3.63) is 30.2 Å². The number of nitrogens with zero attached hydrogens (tertiary/aromatic N) is 3. The highest BCUT2D eigenvalue weighted by Crippen LogP contribution is 2.03. The van der Waals surface area contributed by atoms with Crippen LogP contribution in [0.25, 0.3) is 5.65 Å². The molecule has 0 aliphatic carbocycles. The van der Waals surface area contributed by atoms with Crippen LogP contribution in [0.1, 0.15) is 5.82 Å². The summed E-state index contributed by atoms with van der Waals surface area (Å²) in [4.78, 5) is 0. The van der Waals surface area contributed by atoms with Crippen molar-refractivity contribution in [2.75, 3.05) is 26.0 Å². The number of fused-ring (bicyclic) bond motifs is 1. The van der Waals surface area contributed by atoms with Crippen LogP contribution in [0.15, 0.2) is 24.4 Å². The number of sulfonamides is 1. The first-order valence-corrected chi connectivity index (χ1v) is 7.52. The van der Waals surface area contributed by atoms with Crippen molar-refractivity contribution in [2.24, 2.45) is 0 Å². The Morgan fingerprint density at radius 1 is 1.37 bits per heavy atom. The predicted octanol–water partition coefficient (Wildman–Crippen LogP) is -0.162. The van der Waals surface area contributed by atoms with Gasteiger partial charge in [0.1, 0.15) is 5.82 Å². The van der Waals surface area contributed by atoms with Gasteiger partial charge >= 0.3 is 0 Å². The number of hydrogen-bond donors (Lipinski definition) is 1. The summed E-state index contributed by atoms with van der Waals surface area (Å²) in [6, 6.07) is 5.60. The molecular weight excluding hydrogens is 268 g/mol. The quantitative estimate of drug-likeness (QED) is 0.763. The molecule has 0 amide bonds. The van der Waals surface area contributed by atoms with Crippen LogP contribution in [0.5, 0.6) is 0 Å². The molecule has 2 rings (SSSR count). The molecule has 0 radical (unpaired) electrons. The van der Waals surface area contributed by atoms with E-state index >= 15 is 0 Å². The molecule has 0 aliphatic rings. The van der Waals surface area contributed by atoms with Gasteiger partial charge in [0.2, 0.25) is 10.0 Å². The normalized spacial score (nSPS) is 12.1. The highest BCUT2D eigenvalue weighted by Gasteiger charge is 2.10. The monoisotopic (exact) mass is 284 g/mol. The zero-order chi connectivity index (χ0) is 13.7. The summed E-state index contributed by atoms with van der Waals surface area (Å²) >= 11 is 0. The number of ether oxygens (including phenoxy) is 1. The summed E-state index contributed by atoms with van der Waals surface area (Å²) < 4.78 is 32.2. The molecule has 0 aromatic carbocycles. The zero-order valence-electron chi connectivity index (χ0n) is 10.6. The van der Waals surface area contributed by atoms with Crippen LogP contribution in [0.2, 0.25) is 0 Å². The van der Waals surface area contributed by atoms with E-state index in [2.05, 4.69) is 14.9 Å². The molecule has 1 N–H and O–H groups in total. The van der Waals surface area contributed by atoms with Gasteiger partial charge in [0.15, 0.2) is 5.65 Å². The van der Waals surface area contributed by atoms with Crippen LogP contribution in [0.4, 0.5) is 0 Å². The van der Waals surface area contributed by atoms with E-state index in [4.69, 9.17) is 4.74 Å². The lowest BCUT2D eigenvalue weighted by Gasteiger charge is -2.05. The lowest BCUT2D eigenvalue weighted by molar-refractivity contribution is 0.217. The van der Waals surface area contributed by atoms with E-state index in [-0.39, 0.29) is 12.4 Å². The molecule has 19 heavy (non-hydrogen) atoms. The second kappa shape index (κ2) is 6.09. The Kier molecular flexibility index (Phi) is 4.46. The second-order valence-electron chi connectivity index (χ2n) is 4.00. The van der Waals surface area contributed by atoms with Gasteiger partial charge in [-0.05, 0) is 12.1 Å². The Morgan fingerprint density at radius 3 is 3.00 bits per heavy atom. The Labute approximate surface area is 111 Å². The topological polar surface area (TPSA) is 85.6 Å². The first kappa shape index (κ1) is 13.9. The Morgan fingerprint density at radius 2 is 2.21 bits per heavy atom. The second-order valence-corrected chi connectivity index (χ2v) is 5.93. The number of rotatable bonds is 7. The number of hydrogen-bond acceptors (Lipinski definition) is 5. The Balaban J connectivity index is 1.93. The number of pyridine rings is 1. The standard InChI is InChI=1S/C11H16N4O3S/c1-18-8-9-19(16,17)12-6-5-11-14-13-10-4-2-3-7-15(10)11/h2-4,7,12H,5-6,8-9H2,1H3. The molecule has 0 saturated heterocycles. The van der Waals surface area contributed by atoms with Crippen molar-refractivity contribution in [2.45, 2.75) is 6.42 Å². The first-order valence-electron chi connectivity index (χ1n) is 5.87. The van der Waals surface area contributed by atoms with Gasteiger partial charge in [-0.25, -0.2) is 13.1 Å². The fourth-order valence-electron chi connectivity index (χ4n) is 1.64. The van der Waals surface area contributed by atoms with Crippen LogP contribution in [-0.4, -0.2) is 49.0 Å². The fraction of sp³-hybridized carbons (Fsp3) is 0.455. The summed E-state index contributed by atoms with van der Waals surface area (Å²) in [6.45, 7) is 0.477. The predicted molar refractivity (Wildman–Crippen MR) is 70.4 cm³/mol. The smallest absolute Gasteiger partial charge is 0.213 e. The molecule has 7 nitrogen and oxygen atoms in total. The van der Waals surface area contributed by atoms with Gasteiger partial charge in [-0.1, -0.05) is 6.07 Å². The summed E-state index contributed by atoms with van der Waals surface area (Å²) in [7, 11) is -1.81. The largest absolute Gasteiger partial charge is 0.384 e. The minimum Gasteiger partial charge on any atom is -0.384 e. The number of aromatic nitrogens is 3. The van der Waals surface area contributed by atoms with Crippen molar-refractivity contribution < 1.29 is 13.2 Å². The molecular formula is C11H16N4O3S. The molecule has 0 fully saturated rings.